The molecule has 68 heavy (non-hydrogen) atoms. The van der Waals surface area contributed by atoms with Crippen molar-refractivity contribution in [3.63, 3.8) is 0 Å². The highest BCUT2D eigenvalue weighted by atomic mass is 35.5. The highest BCUT2D eigenvalue weighted by Gasteiger charge is 2.45. The van der Waals surface area contributed by atoms with E-state index < -0.39 is 42.7 Å². The lowest BCUT2D eigenvalue weighted by Gasteiger charge is -2.31. The van der Waals surface area contributed by atoms with Crippen molar-refractivity contribution in [2.45, 2.75) is 110 Å². The molecule has 3 heterocycles. The van der Waals surface area contributed by atoms with Gasteiger partial charge in [0.15, 0.2) is 4.84 Å². The first kappa shape index (κ1) is 60.5. The molecule has 0 bridgehead atoms. The largest absolute Gasteiger partial charge is 0.489 e. The number of ether oxygens (including phenoxy) is 3. The summed E-state index contributed by atoms with van der Waals surface area (Å²) in [4.78, 5) is 64.4. The Morgan fingerprint density at radius 2 is 1.72 bits per heavy atom. The van der Waals surface area contributed by atoms with Crippen LogP contribution in [0.1, 0.15) is 91.2 Å². The van der Waals surface area contributed by atoms with Gasteiger partial charge in [0.05, 0.1) is 65.8 Å². The molecule has 1 aliphatic rings. The number of amides is 2. The number of carbonyl (C=O) groups excluding carboxylic acids is 2. The third kappa shape index (κ3) is 18.6. The molecule has 24 heteroatoms. The summed E-state index contributed by atoms with van der Waals surface area (Å²) in [7, 11) is -2.46. The van der Waals surface area contributed by atoms with E-state index in [2.05, 4.69) is 23.4 Å². The summed E-state index contributed by atoms with van der Waals surface area (Å²) in [5.74, 6) is -0.765. The van der Waals surface area contributed by atoms with Crippen molar-refractivity contribution in [1.29, 1.82) is 0 Å². The van der Waals surface area contributed by atoms with Crippen molar-refractivity contribution < 1.29 is 56.9 Å². The number of hydrogen-bond acceptors (Lipinski definition) is 12. The topological polar surface area (TPSA) is 236 Å². The zero-order valence-electron chi connectivity index (χ0n) is 39.7. The van der Waals surface area contributed by atoms with Gasteiger partial charge in [-0.05, 0) is 77.3 Å². The van der Waals surface area contributed by atoms with E-state index in [9.17, 15) is 23.7 Å². The zero-order valence-corrected chi connectivity index (χ0v) is 44.4. The average molecular weight is 1080 g/mol. The van der Waals surface area contributed by atoms with E-state index in [0.717, 1.165) is 27.9 Å². The number of halogens is 5. The number of para-hydroxylation sites is 1. The molecule has 1 fully saturated rings. The maximum atomic E-state index is 12.2. The Hall–Kier alpha value is -3.65. The Balaban J connectivity index is 0.000000321. The van der Waals surface area contributed by atoms with Crippen LogP contribution >= 0.6 is 65.6 Å². The fourth-order valence-corrected chi connectivity index (χ4v) is 7.59. The first-order chi connectivity index (χ1) is 31.5. The Morgan fingerprint density at radius 3 is 2.21 bits per heavy atom. The number of carboxylic acid groups (broad SMARTS) is 1. The summed E-state index contributed by atoms with van der Waals surface area (Å²) in [5.41, 5.74) is 2.45. The quantitative estimate of drug-likeness (QED) is 0.0642. The molecule has 2 amide bonds. The van der Waals surface area contributed by atoms with Gasteiger partial charge >= 0.3 is 19.3 Å². The van der Waals surface area contributed by atoms with E-state index in [0.29, 0.717) is 41.3 Å². The average Bonchev–Trinajstić information content (AvgIpc) is 3.98. The lowest BCUT2D eigenvalue weighted by atomic mass is 9.97. The summed E-state index contributed by atoms with van der Waals surface area (Å²) in [6.45, 7) is 19.6. The van der Waals surface area contributed by atoms with Crippen molar-refractivity contribution in [2.24, 2.45) is 0 Å². The second kappa shape index (κ2) is 27.1. The standard InChI is InChI=1S/C15H18Cl2N2O3.C15H22ClNO2.C11H13Cl2NO3.C3H8NO5P/c1-8(2)21-12-7-11(9(16)6-10(12)17)19-14(20)22-13(18-19)15(3,4)5;1-5-13-8-6-7-11(2)15(13)17(14(18)9-16)12(3)10-19-4;1-11(2)14(10(15)9(12)13)6-8(17-11)7-4-3-5-16-7;5-3(6)1-4-2-10(7,8)9/h6-8H,1-5H3;6-8,12H,5,9-10H2,1-4H3;3-5,8-9H,6H2,1-2H3;4H,1-2H2,(H,5,6)(H2,7,8,9). The molecule has 0 radical (unpaired) electrons. The number of alkyl halides is 3. The molecule has 4 aromatic rings. The molecule has 2 atom stereocenters. The molecule has 0 spiro atoms. The molecule has 2 unspecified atom stereocenters. The monoisotopic (exact) mass is 1070 g/mol. The number of rotatable bonds is 15. The van der Waals surface area contributed by atoms with Crippen molar-refractivity contribution in [3.05, 3.63) is 92.1 Å². The number of aliphatic carboxylic acids is 1. The molecule has 2 aromatic heterocycles. The molecule has 1 aliphatic heterocycles. The number of nitrogens with one attached hydrogen (secondary N) is 1. The van der Waals surface area contributed by atoms with Gasteiger partial charge in [-0.25, -0.2) is 4.79 Å². The van der Waals surface area contributed by atoms with Crippen LogP contribution < -0.4 is 20.7 Å². The Kier molecular flexibility index (Phi) is 24.1. The number of methoxy groups -OCH3 is 1. The van der Waals surface area contributed by atoms with Crippen LogP contribution in [0.3, 0.4) is 0 Å². The summed E-state index contributed by atoms with van der Waals surface area (Å²) in [5, 5.41) is 14.9. The number of furan rings is 1. The molecule has 0 aliphatic carbocycles. The van der Waals surface area contributed by atoms with Gasteiger partial charge in [0.2, 0.25) is 11.8 Å². The van der Waals surface area contributed by atoms with E-state index in [1.807, 2.05) is 66.7 Å². The van der Waals surface area contributed by atoms with Crippen molar-refractivity contribution in [1.82, 2.24) is 20.0 Å². The van der Waals surface area contributed by atoms with Crippen LogP contribution in [0.2, 0.25) is 10.0 Å². The molecular weight excluding hydrogens is 1010 g/mol. The Labute approximate surface area is 421 Å². The number of aromatic nitrogens is 2. The smallest absolute Gasteiger partial charge is 0.442 e. The van der Waals surface area contributed by atoms with Crippen LogP contribution in [0.25, 0.3) is 5.69 Å². The van der Waals surface area contributed by atoms with Gasteiger partial charge in [0.1, 0.15) is 29.2 Å². The van der Waals surface area contributed by atoms with Gasteiger partial charge in [-0.1, -0.05) is 92.3 Å². The molecule has 2 aromatic carbocycles. The third-order valence-electron chi connectivity index (χ3n) is 9.29. The lowest BCUT2D eigenvalue weighted by Crippen LogP contribution is -2.45. The number of aryl methyl sites for hydroxylation is 2. The van der Waals surface area contributed by atoms with Gasteiger partial charge < -0.3 is 47.7 Å². The van der Waals surface area contributed by atoms with Gasteiger partial charge in [0.25, 0.3) is 5.91 Å². The van der Waals surface area contributed by atoms with Crippen LogP contribution in [0, 0.1) is 6.92 Å². The second-order valence-electron chi connectivity index (χ2n) is 16.8. The Morgan fingerprint density at radius 1 is 1.07 bits per heavy atom. The van der Waals surface area contributed by atoms with E-state index in [1.54, 1.807) is 44.3 Å². The lowest BCUT2D eigenvalue weighted by molar-refractivity contribution is -0.144. The van der Waals surface area contributed by atoms with Gasteiger partial charge in [-0.15, -0.1) is 16.7 Å². The highest BCUT2D eigenvalue weighted by Crippen LogP contribution is 2.37. The summed E-state index contributed by atoms with van der Waals surface area (Å²) >= 11 is 29.3. The minimum Gasteiger partial charge on any atom is -0.489 e. The van der Waals surface area contributed by atoms with Crippen LogP contribution in [-0.2, 0) is 40.3 Å². The van der Waals surface area contributed by atoms with Crippen LogP contribution in [-0.4, -0.2) is 109 Å². The van der Waals surface area contributed by atoms with Crippen LogP contribution in [0.15, 0.2) is 62.4 Å². The summed E-state index contributed by atoms with van der Waals surface area (Å²) in [6, 6.07) is 12.7. The highest BCUT2D eigenvalue weighted by molar-refractivity contribution is 7.51. The van der Waals surface area contributed by atoms with Gasteiger partial charge in [-0.3, -0.25) is 24.3 Å². The van der Waals surface area contributed by atoms with E-state index in [1.165, 1.54) is 11.0 Å². The number of anilines is 1. The molecule has 18 nitrogen and oxygen atoms in total. The number of carboxylic acids is 1. The number of hydrogen-bond donors (Lipinski definition) is 4. The summed E-state index contributed by atoms with van der Waals surface area (Å²) in [6.07, 6.45) is 1.51. The Bertz CT molecular complexity index is 2370. The maximum Gasteiger partial charge on any atom is 0.442 e. The van der Waals surface area contributed by atoms with Crippen molar-refractivity contribution in [3.8, 4) is 11.4 Å². The van der Waals surface area contributed by atoms with Crippen molar-refractivity contribution >= 4 is 89.1 Å². The first-order valence-corrected chi connectivity index (χ1v) is 25.0. The normalized spacial score (nSPS) is 14.8. The number of carbonyl (C=O) groups is 3. The van der Waals surface area contributed by atoms with Crippen LogP contribution in [0.5, 0.6) is 5.75 Å². The molecule has 5 rings (SSSR count). The predicted molar refractivity (Wildman–Crippen MR) is 263 cm³/mol. The summed E-state index contributed by atoms with van der Waals surface area (Å²) < 4.78 is 38.2. The fourth-order valence-electron chi connectivity index (χ4n) is 6.32. The second-order valence-corrected chi connectivity index (χ2v) is 20.7. The maximum absolute atomic E-state index is 12.2. The SMILES string of the molecule is CC(C)Oc1cc(-n2nc(C(C)(C)C)oc2=O)c(Cl)cc1Cl.CC1(C)OC(c2ccco2)CN1C(=O)C(Cl)Cl.CCc1cccc(C)c1N(C(=O)CCl)C(C)COC.O=C(O)CNCP(=O)(O)O. The van der Waals surface area contributed by atoms with E-state index >= 15 is 0 Å². The molecular formula is C44H61Cl5N5O13P. The van der Waals surface area contributed by atoms with E-state index in [-0.39, 0.29) is 46.4 Å². The minimum absolute atomic E-state index is 0.0223. The zero-order chi connectivity index (χ0) is 51.9. The molecule has 0 saturated carbocycles. The van der Waals surface area contributed by atoms with Gasteiger partial charge in [0, 0.05) is 18.6 Å². The predicted octanol–water partition coefficient (Wildman–Crippen LogP) is 8.90. The fraction of sp³-hybridized carbons (Fsp3) is 0.523. The molecule has 380 valence electrons. The van der Waals surface area contributed by atoms with Gasteiger partial charge in [-0.2, -0.15) is 4.68 Å². The number of nitrogens with zero attached hydrogens (tertiary/aromatic N) is 4. The third-order valence-corrected chi connectivity index (χ3v) is 11.1. The number of benzene rings is 2. The van der Waals surface area contributed by atoms with E-state index in [4.69, 9.17) is 95.9 Å². The molecule has 1 saturated heterocycles. The minimum atomic E-state index is -4.10. The van der Waals surface area contributed by atoms with Crippen LogP contribution in [0.4, 0.5) is 5.69 Å². The molecule has 4 N–H and O–H groups in total. The van der Waals surface area contributed by atoms with Crippen molar-refractivity contribution in [2.75, 3.05) is 43.9 Å². The first-order valence-electron chi connectivity index (χ1n) is 21.0.